The van der Waals surface area contributed by atoms with Crippen LogP contribution in [0.3, 0.4) is 0 Å². The van der Waals surface area contributed by atoms with Gasteiger partial charge in [-0.05, 0) is 13.0 Å². The van der Waals surface area contributed by atoms with Crippen LogP contribution in [0.15, 0.2) is 0 Å². The maximum atomic E-state index is 10.6. The van der Waals surface area contributed by atoms with Gasteiger partial charge in [-0.15, -0.1) is 0 Å². The fraction of sp³-hybridized carbons (Fsp3) is 1.00. The van der Waals surface area contributed by atoms with E-state index in [1.807, 2.05) is 0 Å². The molecule has 0 radical (unpaired) electrons. The summed E-state index contributed by atoms with van der Waals surface area (Å²) < 4.78 is 10.6. The summed E-state index contributed by atoms with van der Waals surface area (Å²) in [6.07, 6.45) is 21.3. The first-order chi connectivity index (χ1) is 11.6. The first-order valence-corrected chi connectivity index (χ1v) is 12.1. The highest BCUT2D eigenvalue weighted by Crippen LogP contribution is 2.31. The molecular formula is C19H42NO3P. The van der Waals surface area contributed by atoms with Gasteiger partial charge in [0.2, 0.25) is 0 Å². The molecule has 0 spiro atoms. The zero-order valence-electron chi connectivity index (χ0n) is 16.0. The Balaban J connectivity index is 3.02. The largest absolute Gasteiger partial charge is 0.339 e. The SMILES string of the molecule is CCCCCCCCCCCCCCCCCCNCP(=O)(O)O. The third-order valence-electron chi connectivity index (χ3n) is 4.52. The molecule has 0 fully saturated rings. The summed E-state index contributed by atoms with van der Waals surface area (Å²) in [5.74, 6) is 0. The van der Waals surface area contributed by atoms with E-state index in [1.54, 1.807) is 0 Å². The highest BCUT2D eigenvalue weighted by molar-refractivity contribution is 7.51. The van der Waals surface area contributed by atoms with Crippen molar-refractivity contribution in [3.63, 3.8) is 0 Å². The van der Waals surface area contributed by atoms with Crippen molar-refractivity contribution in [1.29, 1.82) is 0 Å². The van der Waals surface area contributed by atoms with E-state index in [0.29, 0.717) is 6.54 Å². The summed E-state index contributed by atoms with van der Waals surface area (Å²) >= 11 is 0. The van der Waals surface area contributed by atoms with Crippen molar-refractivity contribution >= 4 is 7.60 Å². The Bertz CT molecular complexity index is 294. The Kier molecular flexibility index (Phi) is 18.0. The zero-order chi connectivity index (χ0) is 17.9. The van der Waals surface area contributed by atoms with Crippen LogP contribution in [0.25, 0.3) is 0 Å². The van der Waals surface area contributed by atoms with Crippen molar-refractivity contribution in [3.05, 3.63) is 0 Å². The van der Waals surface area contributed by atoms with Gasteiger partial charge < -0.3 is 15.1 Å². The molecule has 146 valence electrons. The van der Waals surface area contributed by atoms with Crippen LogP contribution in [-0.2, 0) is 4.57 Å². The molecule has 0 aromatic heterocycles. The highest BCUT2D eigenvalue weighted by atomic mass is 31.2. The van der Waals surface area contributed by atoms with Gasteiger partial charge in [0.1, 0.15) is 0 Å². The lowest BCUT2D eigenvalue weighted by Gasteiger charge is -2.06. The van der Waals surface area contributed by atoms with E-state index >= 15 is 0 Å². The predicted octanol–water partition coefficient (Wildman–Crippen LogP) is 5.97. The van der Waals surface area contributed by atoms with Crippen molar-refractivity contribution in [3.8, 4) is 0 Å². The Morgan fingerprint density at radius 1 is 0.625 bits per heavy atom. The topological polar surface area (TPSA) is 69.6 Å². The molecule has 0 bridgehead atoms. The molecule has 3 N–H and O–H groups in total. The van der Waals surface area contributed by atoms with E-state index in [9.17, 15) is 4.57 Å². The quantitative estimate of drug-likeness (QED) is 0.195. The first kappa shape index (κ1) is 24.1. The third-order valence-corrected chi connectivity index (χ3v) is 5.16. The van der Waals surface area contributed by atoms with Gasteiger partial charge in [0.15, 0.2) is 0 Å². The molecule has 5 heteroatoms. The van der Waals surface area contributed by atoms with Crippen LogP contribution in [-0.4, -0.2) is 22.6 Å². The van der Waals surface area contributed by atoms with E-state index in [0.717, 1.165) is 12.8 Å². The Morgan fingerprint density at radius 3 is 1.29 bits per heavy atom. The molecule has 0 aromatic carbocycles. The second kappa shape index (κ2) is 17.9. The summed E-state index contributed by atoms with van der Waals surface area (Å²) in [6, 6.07) is 0. The van der Waals surface area contributed by atoms with Crippen LogP contribution in [0.4, 0.5) is 0 Å². The third kappa shape index (κ3) is 22.1. The molecule has 24 heavy (non-hydrogen) atoms. The average Bonchev–Trinajstić information content (AvgIpc) is 2.52. The minimum Gasteiger partial charge on any atom is -0.324 e. The van der Waals surface area contributed by atoms with Crippen LogP contribution in [0.1, 0.15) is 110 Å². The minimum absolute atomic E-state index is 0.189. The smallest absolute Gasteiger partial charge is 0.324 e. The van der Waals surface area contributed by atoms with E-state index < -0.39 is 7.60 Å². The number of nitrogens with one attached hydrogen (secondary N) is 1. The maximum absolute atomic E-state index is 10.6. The fourth-order valence-electron chi connectivity index (χ4n) is 3.02. The van der Waals surface area contributed by atoms with Crippen molar-refractivity contribution in [2.24, 2.45) is 0 Å². The molecule has 4 nitrogen and oxygen atoms in total. The average molecular weight is 364 g/mol. The number of unbranched alkanes of at least 4 members (excludes halogenated alkanes) is 15. The van der Waals surface area contributed by atoms with Gasteiger partial charge in [-0.25, -0.2) is 0 Å². The molecule has 0 saturated heterocycles. The van der Waals surface area contributed by atoms with Gasteiger partial charge in [0, 0.05) is 0 Å². The van der Waals surface area contributed by atoms with Crippen molar-refractivity contribution in [1.82, 2.24) is 5.32 Å². The van der Waals surface area contributed by atoms with Gasteiger partial charge in [0.05, 0.1) is 6.29 Å². The molecule has 0 unspecified atom stereocenters. The monoisotopic (exact) mass is 363 g/mol. The summed E-state index contributed by atoms with van der Waals surface area (Å²) in [5, 5.41) is 2.81. The molecular weight excluding hydrogens is 321 g/mol. The number of rotatable bonds is 19. The lowest BCUT2D eigenvalue weighted by atomic mass is 10.0. The fourth-order valence-corrected chi connectivity index (χ4v) is 3.47. The summed E-state index contributed by atoms with van der Waals surface area (Å²) in [7, 11) is -3.87. The first-order valence-electron chi connectivity index (χ1n) is 10.3. The normalized spacial score (nSPS) is 12.0. The minimum atomic E-state index is -3.87. The Hall–Kier alpha value is 0.110. The zero-order valence-corrected chi connectivity index (χ0v) is 16.9. The van der Waals surface area contributed by atoms with Crippen molar-refractivity contribution < 1.29 is 14.4 Å². The number of hydrogen-bond donors (Lipinski definition) is 3. The lowest BCUT2D eigenvalue weighted by molar-refractivity contribution is 0.367. The van der Waals surface area contributed by atoms with Crippen LogP contribution < -0.4 is 5.32 Å². The van der Waals surface area contributed by atoms with Crippen LogP contribution >= 0.6 is 7.60 Å². The maximum Gasteiger partial charge on any atom is 0.339 e. The second-order valence-electron chi connectivity index (χ2n) is 7.13. The molecule has 0 aromatic rings. The molecule has 0 aliphatic rings. The van der Waals surface area contributed by atoms with Gasteiger partial charge in [-0.2, -0.15) is 0 Å². The standard InChI is InChI=1S/C19H42NO3P/c1-2-3-4-5-6-7-8-9-10-11-12-13-14-15-16-17-18-20-19-24(21,22)23/h20H,2-19H2,1H3,(H2,21,22,23). The van der Waals surface area contributed by atoms with E-state index in [-0.39, 0.29) is 6.29 Å². The molecule has 0 atom stereocenters. The molecule has 0 aliphatic heterocycles. The summed E-state index contributed by atoms with van der Waals surface area (Å²) in [4.78, 5) is 17.4. The highest BCUT2D eigenvalue weighted by Gasteiger charge is 2.10. The number of hydrogen-bond acceptors (Lipinski definition) is 2. The van der Waals surface area contributed by atoms with Gasteiger partial charge in [-0.1, -0.05) is 103 Å². The molecule has 0 heterocycles. The van der Waals surface area contributed by atoms with Gasteiger partial charge in [-0.3, -0.25) is 4.57 Å². The predicted molar refractivity (Wildman–Crippen MR) is 104 cm³/mol. The van der Waals surface area contributed by atoms with E-state index in [2.05, 4.69) is 12.2 Å². The molecule has 0 saturated carbocycles. The Morgan fingerprint density at radius 2 is 0.958 bits per heavy atom. The van der Waals surface area contributed by atoms with Crippen LogP contribution in [0, 0.1) is 0 Å². The van der Waals surface area contributed by atoms with Crippen LogP contribution in [0.2, 0.25) is 0 Å². The Labute approximate surface area is 150 Å². The summed E-state index contributed by atoms with van der Waals surface area (Å²) in [6.45, 7) is 2.98. The van der Waals surface area contributed by atoms with Gasteiger partial charge >= 0.3 is 7.60 Å². The molecule has 0 amide bonds. The van der Waals surface area contributed by atoms with Crippen LogP contribution in [0.5, 0.6) is 0 Å². The summed E-state index contributed by atoms with van der Waals surface area (Å²) in [5.41, 5.74) is 0. The van der Waals surface area contributed by atoms with E-state index in [1.165, 1.54) is 89.9 Å². The van der Waals surface area contributed by atoms with Crippen molar-refractivity contribution in [2.75, 3.05) is 12.8 Å². The lowest BCUT2D eigenvalue weighted by Crippen LogP contribution is -2.16. The molecule has 0 rings (SSSR count). The van der Waals surface area contributed by atoms with Crippen molar-refractivity contribution in [2.45, 2.75) is 110 Å². The second-order valence-corrected chi connectivity index (χ2v) is 8.77. The van der Waals surface area contributed by atoms with E-state index in [4.69, 9.17) is 9.79 Å². The van der Waals surface area contributed by atoms with Gasteiger partial charge in [0.25, 0.3) is 0 Å². The molecule has 0 aliphatic carbocycles.